The molecule has 0 aliphatic heterocycles. The molecule has 7 aromatic rings. The van der Waals surface area contributed by atoms with Crippen LogP contribution in [0, 0.1) is 5.92 Å². The molecule has 0 spiro atoms. The van der Waals surface area contributed by atoms with Crippen LogP contribution in [0.5, 0.6) is 0 Å². The number of nitrogens with zero attached hydrogens (tertiary/aromatic N) is 2. The highest BCUT2D eigenvalue weighted by molar-refractivity contribution is 5.92. The van der Waals surface area contributed by atoms with Crippen LogP contribution in [-0.4, -0.2) is 4.57 Å². The van der Waals surface area contributed by atoms with E-state index in [-0.39, 0.29) is 11.3 Å². The van der Waals surface area contributed by atoms with Gasteiger partial charge in [0.1, 0.15) is 0 Å². The second-order valence-electron chi connectivity index (χ2n) is 17.7. The average molecular weight is 775 g/mol. The van der Waals surface area contributed by atoms with E-state index in [9.17, 15) is 0 Å². The van der Waals surface area contributed by atoms with Crippen molar-refractivity contribution in [3.05, 3.63) is 221 Å². The smallest absolute Gasteiger partial charge is 0.0537 e. The Morgan fingerprint density at radius 1 is 0.667 bits per heavy atom. The molecule has 1 aromatic heterocycles. The first-order chi connectivity index (χ1) is 29.4. The maximum Gasteiger partial charge on any atom is 0.0537 e. The van der Waals surface area contributed by atoms with Gasteiger partial charge in [-0.25, -0.2) is 0 Å². The van der Waals surface area contributed by atoms with Crippen LogP contribution in [0.1, 0.15) is 85.0 Å². The fraction of sp³-hybridized carbons (Fsp3) is 0.172. The normalized spacial score (nSPS) is 18.4. The highest BCUT2D eigenvalue weighted by Gasteiger charge is 2.36. The van der Waals surface area contributed by atoms with Crippen molar-refractivity contribution in [1.29, 1.82) is 0 Å². The predicted octanol–water partition coefficient (Wildman–Crippen LogP) is 15.5. The van der Waals surface area contributed by atoms with Gasteiger partial charge in [0.15, 0.2) is 0 Å². The number of rotatable bonds is 7. The van der Waals surface area contributed by atoms with Crippen LogP contribution in [0.25, 0.3) is 44.9 Å². The van der Waals surface area contributed by atoms with Crippen LogP contribution in [0.2, 0.25) is 0 Å². The quantitative estimate of drug-likeness (QED) is 0.157. The maximum atomic E-state index is 2.49. The number of para-hydroxylation sites is 2. The summed E-state index contributed by atoms with van der Waals surface area (Å²) in [6, 6.07) is 52.4. The van der Waals surface area contributed by atoms with Crippen molar-refractivity contribution in [2.75, 3.05) is 4.90 Å². The molecule has 2 nitrogen and oxygen atoms in total. The Morgan fingerprint density at radius 3 is 2.23 bits per heavy atom. The Bertz CT molecular complexity index is 2960. The Morgan fingerprint density at radius 2 is 1.42 bits per heavy atom. The van der Waals surface area contributed by atoms with Crippen molar-refractivity contribution < 1.29 is 0 Å². The minimum Gasteiger partial charge on any atom is -0.310 e. The van der Waals surface area contributed by atoms with E-state index in [4.69, 9.17) is 0 Å². The lowest BCUT2D eigenvalue weighted by atomic mass is 9.81. The first kappa shape index (κ1) is 36.4. The Kier molecular flexibility index (Phi) is 8.85. The molecule has 0 radical (unpaired) electrons. The summed E-state index contributed by atoms with van der Waals surface area (Å²) in [7, 11) is 0. The van der Waals surface area contributed by atoms with Gasteiger partial charge in [-0.15, -0.1) is 0 Å². The van der Waals surface area contributed by atoms with Gasteiger partial charge in [0.2, 0.25) is 0 Å². The van der Waals surface area contributed by atoms with Crippen molar-refractivity contribution in [3.8, 4) is 16.8 Å². The van der Waals surface area contributed by atoms with Crippen LogP contribution in [-0.2, 0) is 11.8 Å². The number of hydrogen-bond donors (Lipinski definition) is 0. The lowest BCUT2D eigenvalue weighted by Gasteiger charge is -2.30. The topological polar surface area (TPSA) is 8.17 Å². The zero-order valence-electron chi connectivity index (χ0n) is 34.8. The second kappa shape index (κ2) is 14.6. The number of anilines is 3. The molecule has 0 saturated carbocycles. The van der Waals surface area contributed by atoms with Gasteiger partial charge in [0, 0.05) is 45.2 Å². The van der Waals surface area contributed by atoms with Gasteiger partial charge in [-0.2, -0.15) is 0 Å². The molecule has 11 rings (SSSR count). The summed E-state index contributed by atoms with van der Waals surface area (Å²) in [5, 5.41) is 1.34. The van der Waals surface area contributed by atoms with Gasteiger partial charge in [0.05, 0.1) is 5.52 Å². The predicted molar refractivity (Wildman–Crippen MR) is 255 cm³/mol. The average Bonchev–Trinajstić information content (AvgIpc) is 3.75. The summed E-state index contributed by atoms with van der Waals surface area (Å²) < 4.78 is 2.44. The van der Waals surface area contributed by atoms with Crippen LogP contribution in [0.15, 0.2) is 182 Å². The molecular formula is C58H50N2. The van der Waals surface area contributed by atoms with E-state index in [0.717, 1.165) is 31.4 Å². The van der Waals surface area contributed by atoms with Gasteiger partial charge in [-0.1, -0.05) is 148 Å². The van der Waals surface area contributed by atoms with E-state index in [2.05, 4.69) is 218 Å². The SMILES string of the molecule is CC1C=CC(c2cc(N(c3ccc(C4=CC=CCC4)cc3)c3ccc4c(c3)C(C)(C)c3ccccc3-4)ccc2C2C=Cc3c(c4ccccc4n3-c3ccccc3)C2)=CC1. The van der Waals surface area contributed by atoms with E-state index in [1.807, 2.05) is 0 Å². The molecule has 60 heavy (non-hydrogen) atoms. The zero-order valence-corrected chi connectivity index (χ0v) is 34.8. The summed E-state index contributed by atoms with van der Waals surface area (Å²) in [5.74, 6) is 0.764. The lowest BCUT2D eigenvalue weighted by molar-refractivity contribution is 0.660. The van der Waals surface area contributed by atoms with Crippen molar-refractivity contribution >= 4 is 45.2 Å². The van der Waals surface area contributed by atoms with E-state index in [1.165, 1.54) is 89.3 Å². The molecule has 0 amide bonds. The highest BCUT2D eigenvalue weighted by atomic mass is 15.1. The first-order valence-electron chi connectivity index (χ1n) is 21.8. The van der Waals surface area contributed by atoms with Crippen LogP contribution >= 0.6 is 0 Å². The van der Waals surface area contributed by atoms with Crippen LogP contribution in [0.4, 0.5) is 17.1 Å². The van der Waals surface area contributed by atoms with Gasteiger partial charge < -0.3 is 9.47 Å². The van der Waals surface area contributed by atoms with E-state index in [1.54, 1.807) is 0 Å². The summed E-state index contributed by atoms with van der Waals surface area (Å²) in [6.07, 6.45) is 23.0. The standard InChI is InChI=1S/C58H50N2/c1-39-22-24-42(25-23-39)52-37-46(31-33-48(52)43-28-35-57-53(36-43)51-19-11-13-21-56(51)60(57)44-16-8-5-9-17-44)59(45-29-26-41(27-30-45)40-14-6-4-7-15-40)47-32-34-50-49-18-10-12-20-54(49)58(2,3)55(50)38-47/h4-6,8-14,16-22,24-35,37-39,43H,7,15,23,36H2,1-3H3. The van der Waals surface area contributed by atoms with E-state index < -0.39 is 0 Å². The van der Waals surface area contributed by atoms with Gasteiger partial charge in [-0.05, 0) is 148 Å². The molecule has 2 unspecified atom stereocenters. The fourth-order valence-corrected chi connectivity index (χ4v) is 10.4. The van der Waals surface area contributed by atoms with Crippen molar-refractivity contribution in [3.63, 3.8) is 0 Å². The number of aromatic nitrogens is 1. The third-order valence-corrected chi connectivity index (χ3v) is 13.6. The molecule has 4 aliphatic carbocycles. The highest BCUT2D eigenvalue weighted by Crippen LogP contribution is 2.51. The molecule has 2 atom stereocenters. The van der Waals surface area contributed by atoms with E-state index >= 15 is 0 Å². The summed E-state index contributed by atoms with van der Waals surface area (Å²) in [4.78, 5) is 2.49. The molecule has 0 bridgehead atoms. The van der Waals surface area contributed by atoms with Crippen LogP contribution in [0.3, 0.4) is 0 Å². The number of fused-ring (bicyclic) bond motifs is 6. The monoisotopic (exact) mass is 774 g/mol. The summed E-state index contributed by atoms with van der Waals surface area (Å²) >= 11 is 0. The van der Waals surface area contributed by atoms with Gasteiger partial charge >= 0.3 is 0 Å². The van der Waals surface area contributed by atoms with E-state index in [0.29, 0.717) is 5.92 Å². The largest absolute Gasteiger partial charge is 0.310 e. The molecule has 0 N–H and O–H groups in total. The lowest BCUT2D eigenvalue weighted by Crippen LogP contribution is -2.17. The van der Waals surface area contributed by atoms with Gasteiger partial charge in [-0.3, -0.25) is 0 Å². The molecule has 0 fully saturated rings. The van der Waals surface area contributed by atoms with Crippen molar-refractivity contribution in [2.45, 2.75) is 57.8 Å². The molecule has 0 saturated heterocycles. The molecule has 4 aliphatic rings. The summed E-state index contributed by atoms with van der Waals surface area (Å²) in [5.41, 5.74) is 20.8. The fourth-order valence-electron chi connectivity index (χ4n) is 10.4. The Labute approximate surface area is 354 Å². The number of hydrogen-bond acceptors (Lipinski definition) is 1. The maximum absolute atomic E-state index is 2.49. The molecule has 292 valence electrons. The minimum absolute atomic E-state index is 0.0995. The van der Waals surface area contributed by atoms with Crippen LogP contribution < -0.4 is 4.90 Å². The number of allylic oxidation sites excluding steroid dienone is 9. The molecule has 6 aromatic carbocycles. The minimum atomic E-state index is -0.0995. The molecule has 1 heterocycles. The molecular weight excluding hydrogens is 725 g/mol. The number of benzene rings is 6. The zero-order chi connectivity index (χ0) is 40.4. The first-order valence-corrected chi connectivity index (χ1v) is 21.8. The molecule has 2 heteroatoms. The van der Waals surface area contributed by atoms with Crippen molar-refractivity contribution in [1.82, 2.24) is 4.57 Å². The van der Waals surface area contributed by atoms with Gasteiger partial charge in [0.25, 0.3) is 0 Å². The van der Waals surface area contributed by atoms with Crippen molar-refractivity contribution in [2.24, 2.45) is 5.92 Å². The Hall–Kier alpha value is -6.64. The third kappa shape index (κ3) is 6.08. The Balaban J connectivity index is 1.05. The third-order valence-electron chi connectivity index (χ3n) is 13.6. The summed E-state index contributed by atoms with van der Waals surface area (Å²) in [6.45, 7) is 7.07. The second-order valence-corrected chi connectivity index (χ2v) is 17.7.